The van der Waals surface area contributed by atoms with Crippen LogP contribution in [-0.4, -0.2) is 109 Å². The van der Waals surface area contributed by atoms with Gasteiger partial charge in [0.15, 0.2) is 0 Å². The molecule has 202 valence electrons. The van der Waals surface area contributed by atoms with Crippen molar-refractivity contribution in [1.82, 2.24) is 19.6 Å². The van der Waals surface area contributed by atoms with Crippen LogP contribution in [0.3, 0.4) is 0 Å². The molecule has 9 nitrogen and oxygen atoms in total. The zero-order valence-electron chi connectivity index (χ0n) is 21.8. The summed E-state index contributed by atoms with van der Waals surface area (Å²) in [6, 6.07) is 13.1. The van der Waals surface area contributed by atoms with E-state index in [1.165, 1.54) is 0 Å². The van der Waals surface area contributed by atoms with Gasteiger partial charge >= 0.3 is 0 Å². The van der Waals surface area contributed by atoms with E-state index >= 15 is 0 Å². The van der Waals surface area contributed by atoms with Gasteiger partial charge in [-0.15, -0.1) is 0 Å². The fraction of sp³-hybridized carbons (Fsp3) is 0.464. The Balaban J connectivity index is 1.39. The van der Waals surface area contributed by atoms with Gasteiger partial charge < -0.3 is 24.2 Å². The highest BCUT2D eigenvalue weighted by Crippen LogP contribution is 2.39. The van der Waals surface area contributed by atoms with E-state index in [1.807, 2.05) is 11.9 Å². The molecule has 3 aliphatic heterocycles. The maximum atomic E-state index is 14.0. The highest BCUT2D eigenvalue weighted by Gasteiger charge is 2.55. The predicted molar refractivity (Wildman–Crippen MR) is 142 cm³/mol. The molecule has 0 bridgehead atoms. The molecule has 2 aromatic rings. The average molecular weight is 541 g/mol. The van der Waals surface area contributed by atoms with Gasteiger partial charge in [-0.2, -0.15) is 0 Å². The molecule has 0 unspecified atom stereocenters. The van der Waals surface area contributed by atoms with Gasteiger partial charge in [0.05, 0.1) is 13.7 Å². The second-order valence-electron chi connectivity index (χ2n) is 10.1. The molecule has 3 amide bonds. The highest BCUT2D eigenvalue weighted by atomic mass is 35.5. The van der Waals surface area contributed by atoms with Crippen molar-refractivity contribution in [2.75, 3.05) is 60.0 Å². The molecule has 1 atom stereocenters. The third-order valence-electron chi connectivity index (χ3n) is 7.82. The summed E-state index contributed by atoms with van der Waals surface area (Å²) in [5.41, 5.74) is 0.0223. The number of piperidine rings is 1. The van der Waals surface area contributed by atoms with Gasteiger partial charge in [0.2, 0.25) is 5.91 Å². The zero-order valence-corrected chi connectivity index (χ0v) is 22.5. The van der Waals surface area contributed by atoms with Crippen LogP contribution in [0.4, 0.5) is 0 Å². The number of rotatable bonds is 4. The van der Waals surface area contributed by atoms with E-state index in [0.717, 1.165) is 13.1 Å². The first-order valence-electron chi connectivity index (χ1n) is 13.0. The SMILES string of the molecule is COc1ccc(C(=O)N2[C@H](C(=O)N3CCN(C)CC3)COC23CCN(C(=O)c2cccc(Cl)c2)CC3)cc1. The third-order valence-corrected chi connectivity index (χ3v) is 8.05. The van der Waals surface area contributed by atoms with Gasteiger partial charge in [-0.1, -0.05) is 17.7 Å². The number of benzene rings is 2. The first kappa shape index (κ1) is 26.5. The smallest absolute Gasteiger partial charge is 0.256 e. The van der Waals surface area contributed by atoms with Crippen LogP contribution in [-0.2, 0) is 9.53 Å². The molecule has 3 heterocycles. The lowest BCUT2D eigenvalue weighted by Crippen LogP contribution is -2.61. The first-order valence-corrected chi connectivity index (χ1v) is 13.3. The molecule has 0 aliphatic carbocycles. The Morgan fingerprint density at radius 1 is 0.895 bits per heavy atom. The lowest BCUT2D eigenvalue weighted by atomic mass is 9.96. The van der Waals surface area contributed by atoms with Gasteiger partial charge in [0.1, 0.15) is 17.5 Å². The fourth-order valence-corrected chi connectivity index (χ4v) is 5.72. The molecule has 38 heavy (non-hydrogen) atoms. The van der Waals surface area contributed by atoms with E-state index in [2.05, 4.69) is 4.90 Å². The number of likely N-dealkylation sites (tertiary alicyclic amines) is 1. The van der Waals surface area contributed by atoms with Crippen molar-refractivity contribution in [2.45, 2.75) is 24.6 Å². The minimum Gasteiger partial charge on any atom is -0.497 e. The van der Waals surface area contributed by atoms with Crippen molar-refractivity contribution in [3.63, 3.8) is 0 Å². The summed E-state index contributed by atoms with van der Waals surface area (Å²) in [6.07, 6.45) is 0.821. The van der Waals surface area contributed by atoms with Crippen molar-refractivity contribution < 1.29 is 23.9 Å². The fourth-order valence-electron chi connectivity index (χ4n) is 5.53. The molecule has 5 rings (SSSR count). The second kappa shape index (κ2) is 10.9. The number of piperazine rings is 1. The van der Waals surface area contributed by atoms with Crippen LogP contribution in [0.25, 0.3) is 0 Å². The Bertz CT molecular complexity index is 1190. The van der Waals surface area contributed by atoms with Gasteiger partial charge in [-0.25, -0.2) is 0 Å². The standard InChI is InChI=1S/C28H33ClN4O5/c1-30-14-16-32(17-15-30)27(36)24-19-38-28(33(24)26(35)20-6-8-23(37-2)9-7-20)10-12-31(13-11-28)25(34)21-4-3-5-22(29)18-21/h3-9,18,24H,10-17,19H2,1-2H3/t24-/m0/s1. The van der Waals surface area contributed by atoms with Gasteiger partial charge in [-0.05, 0) is 49.5 Å². The molecule has 1 spiro atoms. The van der Waals surface area contributed by atoms with Crippen LogP contribution in [0.15, 0.2) is 48.5 Å². The zero-order chi connectivity index (χ0) is 26.9. The quantitative estimate of drug-likeness (QED) is 0.593. The number of carbonyl (C=O) groups is 3. The Morgan fingerprint density at radius 2 is 1.58 bits per heavy atom. The van der Waals surface area contributed by atoms with Crippen molar-refractivity contribution in [2.24, 2.45) is 0 Å². The number of ether oxygens (including phenoxy) is 2. The molecule has 2 aromatic carbocycles. The van der Waals surface area contributed by atoms with Crippen LogP contribution in [0.5, 0.6) is 5.75 Å². The third kappa shape index (κ3) is 5.10. The summed E-state index contributed by atoms with van der Waals surface area (Å²) < 4.78 is 11.6. The van der Waals surface area contributed by atoms with Crippen LogP contribution in [0.1, 0.15) is 33.6 Å². The monoisotopic (exact) mass is 540 g/mol. The number of hydrogen-bond donors (Lipinski definition) is 0. The summed E-state index contributed by atoms with van der Waals surface area (Å²) >= 11 is 6.09. The Kier molecular flexibility index (Phi) is 7.61. The molecule has 3 aliphatic rings. The summed E-state index contributed by atoms with van der Waals surface area (Å²) in [4.78, 5) is 48.2. The van der Waals surface area contributed by atoms with E-state index in [4.69, 9.17) is 21.1 Å². The summed E-state index contributed by atoms with van der Waals surface area (Å²) in [7, 11) is 3.61. The van der Waals surface area contributed by atoms with Gasteiger partial charge in [-0.3, -0.25) is 19.3 Å². The lowest BCUT2D eigenvalue weighted by molar-refractivity contribution is -0.139. The number of halogens is 1. The summed E-state index contributed by atoms with van der Waals surface area (Å²) in [5.74, 6) is 0.187. The largest absolute Gasteiger partial charge is 0.497 e. The molecule has 0 aromatic heterocycles. The van der Waals surface area contributed by atoms with Crippen LogP contribution < -0.4 is 4.74 Å². The molecule has 10 heteroatoms. The normalized spacial score (nSPS) is 21.6. The molecular weight excluding hydrogens is 508 g/mol. The van der Waals surface area contributed by atoms with Crippen LogP contribution in [0, 0.1) is 0 Å². The Hall–Kier alpha value is -3.14. The lowest BCUT2D eigenvalue weighted by Gasteiger charge is -2.45. The number of nitrogens with zero attached hydrogens (tertiary/aromatic N) is 4. The maximum absolute atomic E-state index is 14.0. The molecule has 3 saturated heterocycles. The van der Waals surface area contributed by atoms with Crippen molar-refractivity contribution >= 4 is 29.3 Å². The van der Waals surface area contributed by atoms with Crippen molar-refractivity contribution in [3.05, 3.63) is 64.7 Å². The Morgan fingerprint density at radius 3 is 2.21 bits per heavy atom. The number of amides is 3. The second-order valence-corrected chi connectivity index (χ2v) is 10.5. The van der Waals surface area contributed by atoms with E-state index in [9.17, 15) is 14.4 Å². The summed E-state index contributed by atoms with van der Waals surface area (Å²) in [6.45, 7) is 3.74. The predicted octanol–water partition coefficient (Wildman–Crippen LogP) is 2.60. The Labute approximate surface area is 227 Å². The summed E-state index contributed by atoms with van der Waals surface area (Å²) in [5, 5.41) is 0.505. The van der Waals surface area contributed by atoms with Crippen LogP contribution in [0.2, 0.25) is 5.02 Å². The highest BCUT2D eigenvalue weighted by molar-refractivity contribution is 6.30. The minimum absolute atomic E-state index is 0.0886. The topological polar surface area (TPSA) is 82.6 Å². The molecule has 0 saturated carbocycles. The molecular formula is C28H33ClN4O5. The van der Waals surface area contributed by atoms with Crippen LogP contribution >= 0.6 is 11.6 Å². The van der Waals surface area contributed by atoms with Crippen molar-refractivity contribution in [3.8, 4) is 5.75 Å². The van der Waals surface area contributed by atoms with Gasteiger partial charge in [0, 0.05) is 68.3 Å². The van der Waals surface area contributed by atoms with E-state index in [-0.39, 0.29) is 24.3 Å². The van der Waals surface area contributed by atoms with Crippen molar-refractivity contribution in [1.29, 1.82) is 0 Å². The first-order chi connectivity index (χ1) is 18.3. The number of carbonyl (C=O) groups excluding carboxylic acids is 3. The number of methoxy groups -OCH3 is 1. The minimum atomic E-state index is -0.963. The molecule has 3 fully saturated rings. The van der Waals surface area contributed by atoms with E-state index in [0.29, 0.717) is 60.9 Å². The number of hydrogen-bond acceptors (Lipinski definition) is 6. The van der Waals surface area contributed by atoms with E-state index < -0.39 is 11.8 Å². The average Bonchev–Trinajstić information content (AvgIpc) is 3.31. The molecule has 0 radical (unpaired) electrons. The van der Waals surface area contributed by atoms with E-state index in [1.54, 1.807) is 65.4 Å². The maximum Gasteiger partial charge on any atom is 0.256 e. The molecule has 0 N–H and O–H groups in total. The number of likely N-dealkylation sites (N-methyl/N-ethyl adjacent to an activating group) is 1. The van der Waals surface area contributed by atoms with Gasteiger partial charge in [0.25, 0.3) is 11.8 Å².